The average molecular weight is 414 g/mol. The van der Waals surface area contributed by atoms with Crippen LogP contribution in [0.4, 0.5) is 5.00 Å². The summed E-state index contributed by atoms with van der Waals surface area (Å²) in [5, 5.41) is 16.0. The van der Waals surface area contributed by atoms with Gasteiger partial charge in [0.2, 0.25) is 0 Å². The molecular formula is C20H19N3O3S2. The molecule has 28 heavy (non-hydrogen) atoms. The number of nitrogens with one attached hydrogen (secondary N) is 2. The Morgan fingerprint density at radius 1 is 1.14 bits per heavy atom. The summed E-state index contributed by atoms with van der Waals surface area (Å²) in [6.45, 7) is 0. The van der Waals surface area contributed by atoms with Crippen LogP contribution in [0.5, 0.6) is 0 Å². The molecule has 0 atom stereocenters. The van der Waals surface area contributed by atoms with Crippen molar-refractivity contribution >= 4 is 45.5 Å². The van der Waals surface area contributed by atoms with Gasteiger partial charge in [-0.2, -0.15) is 5.26 Å². The van der Waals surface area contributed by atoms with E-state index in [9.17, 15) is 14.9 Å². The summed E-state index contributed by atoms with van der Waals surface area (Å²) < 4.78 is 4.64. The molecule has 1 aliphatic carbocycles. The highest BCUT2D eigenvalue weighted by molar-refractivity contribution is 7.80. The zero-order valence-corrected chi connectivity index (χ0v) is 17.0. The first-order valence-electron chi connectivity index (χ1n) is 8.89. The van der Waals surface area contributed by atoms with E-state index in [0.717, 1.165) is 31.2 Å². The number of amides is 1. The minimum atomic E-state index is -0.467. The van der Waals surface area contributed by atoms with Crippen LogP contribution in [0.15, 0.2) is 24.3 Å². The summed E-state index contributed by atoms with van der Waals surface area (Å²) in [5.41, 5.74) is 2.46. The average Bonchev–Trinajstić information content (AvgIpc) is 2.86. The predicted octanol–water partition coefficient (Wildman–Crippen LogP) is 3.80. The van der Waals surface area contributed by atoms with Gasteiger partial charge in [-0.3, -0.25) is 10.1 Å². The number of fused-ring (bicyclic) bond motifs is 1. The molecule has 0 saturated heterocycles. The highest BCUT2D eigenvalue weighted by atomic mass is 32.1. The van der Waals surface area contributed by atoms with Crippen molar-refractivity contribution in [2.45, 2.75) is 32.1 Å². The second kappa shape index (κ2) is 8.95. The Bertz CT molecular complexity index is 958. The molecule has 1 aliphatic rings. The molecule has 144 valence electrons. The number of ether oxygens (including phenoxy) is 1. The molecule has 6 nitrogen and oxygen atoms in total. The number of thiocarbonyl (C=S) groups is 1. The lowest BCUT2D eigenvalue weighted by Crippen LogP contribution is -2.34. The van der Waals surface area contributed by atoms with Crippen LogP contribution in [0.1, 0.15) is 56.0 Å². The Labute approximate surface area is 172 Å². The van der Waals surface area contributed by atoms with Crippen LogP contribution in [-0.4, -0.2) is 24.1 Å². The molecule has 2 aromatic rings. The van der Waals surface area contributed by atoms with E-state index >= 15 is 0 Å². The number of aryl methyl sites for hydroxylation is 1. The van der Waals surface area contributed by atoms with Gasteiger partial charge in [0.25, 0.3) is 5.91 Å². The van der Waals surface area contributed by atoms with Crippen LogP contribution < -0.4 is 10.6 Å². The van der Waals surface area contributed by atoms with Crippen molar-refractivity contribution in [2.24, 2.45) is 0 Å². The van der Waals surface area contributed by atoms with Gasteiger partial charge in [0, 0.05) is 10.4 Å². The monoisotopic (exact) mass is 413 g/mol. The fourth-order valence-corrected chi connectivity index (χ4v) is 4.64. The Kier molecular flexibility index (Phi) is 6.39. The third kappa shape index (κ3) is 4.38. The second-order valence-corrected chi connectivity index (χ2v) is 7.87. The number of benzene rings is 1. The van der Waals surface area contributed by atoms with Crippen molar-refractivity contribution in [1.82, 2.24) is 5.32 Å². The smallest absolute Gasteiger partial charge is 0.337 e. The number of thiophene rings is 1. The fourth-order valence-electron chi connectivity index (χ4n) is 3.13. The number of carbonyl (C=O) groups is 2. The lowest BCUT2D eigenvalue weighted by molar-refractivity contribution is 0.0600. The number of methoxy groups -OCH3 is 1. The van der Waals surface area contributed by atoms with Crippen LogP contribution in [0, 0.1) is 11.3 Å². The maximum absolute atomic E-state index is 12.4. The summed E-state index contributed by atoms with van der Waals surface area (Å²) in [5.74, 6) is -0.865. The Morgan fingerprint density at radius 2 is 1.82 bits per heavy atom. The number of carbonyl (C=O) groups excluding carboxylic acids is 2. The van der Waals surface area contributed by atoms with Crippen molar-refractivity contribution in [2.75, 3.05) is 12.4 Å². The minimum absolute atomic E-state index is 0.134. The van der Waals surface area contributed by atoms with Crippen molar-refractivity contribution in [3.8, 4) is 6.07 Å². The molecule has 0 fully saturated rings. The standard InChI is InChI=1S/C20H19N3O3S2/c1-26-19(25)13-9-7-12(8-10-13)17(24)22-20(27)23-18-15(11-21)14-5-3-2-4-6-16(14)28-18/h7-10H,2-6H2,1H3,(H2,22,23,24,27). The Morgan fingerprint density at radius 3 is 2.50 bits per heavy atom. The number of hydrogen-bond acceptors (Lipinski definition) is 6. The van der Waals surface area contributed by atoms with Crippen molar-refractivity contribution < 1.29 is 14.3 Å². The second-order valence-electron chi connectivity index (χ2n) is 6.36. The lowest BCUT2D eigenvalue weighted by atomic mass is 10.1. The van der Waals surface area contributed by atoms with E-state index < -0.39 is 11.9 Å². The van der Waals surface area contributed by atoms with E-state index in [-0.39, 0.29) is 5.11 Å². The summed E-state index contributed by atoms with van der Waals surface area (Å²) in [4.78, 5) is 25.1. The normalized spacial score (nSPS) is 12.9. The molecular weight excluding hydrogens is 394 g/mol. The minimum Gasteiger partial charge on any atom is -0.465 e. The Balaban J connectivity index is 1.68. The highest BCUT2D eigenvalue weighted by Crippen LogP contribution is 2.36. The molecule has 8 heteroatoms. The van der Waals surface area contributed by atoms with Gasteiger partial charge in [-0.25, -0.2) is 4.79 Å². The van der Waals surface area contributed by atoms with Gasteiger partial charge in [0.1, 0.15) is 11.1 Å². The van der Waals surface area contributed by atoms with E-state index in [0.29, 0.717) is 21.7 Å². The van der Waals surface area contributed by atoms with Crippen molar-refractivity contribution in [3.63, 3.8) is 0 Å². The van der Waals surface area contributed by atoms with Gasteiger partial charge >= 0.3 is 5.97 Å². The SMILES string of the molecule is COC(=O)c1ccc(C(=O)NC(=S)Nc2sc3c(c2C#N)CCCCC3)cc1. The summed E-state index contributed by atoms with van der Waals surface area (Å²) in [6.07, 6.45) is 5.27. The largest absolute Gasteiger partial charge is 0.465 e. The van der Waals surface area contributed by atoms with Gasteiger partial charge < -0.3 is 10.1 Å². The van der Waals surface area contributed by atoms with Gasteiger partial charge in [-0.1, -0.05) is 6.42 Å². The van der Waals surface area contributed by atoms with E-state index in [4.69, 9.17) is 12.2 Å². The molecule has 0 saturated carbocycles. The van der Waals surface area contributed by atoms with E-state index in [1.165, 1.54) is 54.0 Å². The quantitative estimate of drug-likeness (QED) is 0.452. The molecule has 2 N–H and O–H groups in total. The number of anilines is 1. The lowest BCUT2D eigenvalue weighted by Gasteiger charge is -2.09. The number of nitriles is 1. The van der Waals surface area contributed by atoms with Crippen LogP contribution in [-0.2, 0) is 17.6 Å². The number of hydrogen-bond donors (Lipinski definition) is 2. The number of rotatable bonds is 3. The van der Waals surface area contributed by atoms with Gasteiger partial charge in [-0.05, 0) is 67.7 Å². The summed E-state index contributed by atoms with van der Waals surface area (Å²) in [6, 6.07) is 8.36. The molecule has 1 heterocycles. The summed E-state index contributed by atoms with van der Waals surface area (Å²) in [7, 11) is 1.30. The first kappa shape index (κ1) is 20.0. The van der Waals surface area contributed by atoms with Crippen LogP contribution in [0.2, 0.25) is 0 Å². The van der Waals surface area contributed by atoms with Crippen molar-refractivity contribution in [1.29, 1.82) is 5.26 Å². The zero-order chi connectivity index (χ0) is 20.1. The van der Waals surface area contributed by atoms with Crippen LogP contribution in [0.25, 0.3) is 0 Å². The number of nitrogens with zero attached hydrogens (tertiary/aromatic N) is 1. The molecule has 0 spiro atoms. The third-order valence-electron chi connectivity index (χ3n) is 4.56. The fraction of sp³-hybridized carbons (Fsp3) is 0.300. The number of esters is 1. The highest BCUT2D eigenvalue weighted by Gasteiger charge is 2.20. The molecule has 1 aromatic heterocycles. The van der Waals surface area contributed by atoms with Crippen LogP contribution in [0.3, 0.4) is 0 Å². The molecule has 0 radical (unpaired) electrons. The molecule has 1 amide bonds. The molecule has 0 bridgehead atoms. The molecule has 0 aliphatic heterocycles. The third-order valence-corrected chi connectivity index (χ3v) is 5.97. The molecule has 0 unspecified atom stereocenters. The summed E-state index contributed by atoms with van der Waals surface area (Å²) >= 11 is 6.79. The maximum atomic E-state index is 12.4. The van der Waals surface area contributed by atoms with Crippen LogP contribution >= 0.6 is 23.6 Å². The maximum Gasteiger partial charge on any atom is 0.337 e. The van der Waals surface area contributed by atoms with E-state index in [1.807, 2.05) is 0 Å². The van der Waals surface area contributed by atoms with Gasteiger partial charge in [0.15, 0.2) is 5.11 Å². The molecule has 3 rings (SSSR count). The first-order valence-corrected chi connectivity index (χ1v) is 10.1. The van der Waals surface area contributed by atoms with E-state index in [2.05, 4.69) is 21.4 Å². The molecule has 1 aromatic carbocycles. The predicted molar refractivity (Wildman–Crippen MR) is 112 cm³/mol. The van der Waals surface area contributed by atoms with Gasteiger partial charge in [-0.15, -0.1) is 11.3 Å². The van der Waals surface area contributed by atoms with Gasteiger partial charge in [0.05, 0.1) is 18.2 Å². The Hall–Kier alpha value is -2.76. The zero-order valence-electron chi connectivity index (χ0n) is 15.3. The van der Waals surface area contributed by atoms with Crippen molar-refractivity contribution in [3.05, 3.63) is 51.4 Å². The topological polar surface area (TPSA) is 91.2 Å². The first-order chi connectivity index (χ1) is 13.5. The van der Waals surface area contributed by atoms with E-state index in [1.54, 1.807) is 0 Å².